The number of aryl methyl sites for hydroxylation is 1. The highest BCUT2D eigenvalue weighted by atomic mass is 35.5. The van der Waals surface area contributed by atoms with Gasteiger partial charge in [0.1, 0.15) is 0 Å². The van der Waals surface area contributed by atoms with E-state index in [9.17, 15) is 14.4 Å². The number of fused-ring (bicyclic) bond motifs is 1. The lowest BCUT2D eigenvalue weighted by atomic mass is 10.2. The van der Waals surface area contributed by atoms with E-state index in [4.69, 9.17) is 0 Å². The molecule has 3 rings (SSSR count). The average Bonchev–Trinajstić information content (AvgIpc) is 2.69. The van der Waals surface area contributed by atoms with Crippen molar-refractivity contribution in [1.82, 2.24) is 15.4 Å². The van der Waals surface area contributed by atoms with Gasteiger partial charge in [-0.1, -0.05) is 29.8 Å². The van der Waals surface area contributed by atoms with Crippen LogP contribution in [-0.2, 0) is 9.59 Å². The molecule has 2 amide bonds. The molecule has 3 N–H and O–H groups in total. The van der Waals surface area contributed by atoms with Crippen LogP contribution in [0.15, 0.2) is 58.4 Å². The van der Waals surface area contributed by atoms with Crippen molar-refractivity contribution in [1.29, 1.82) is 0 Å². The monoisotopic (exact) mass is 456 g/mol. The minimum atomic E-state index is -0.664. The fraction of sp³-hybridized carbons (Fsp3) is 0.227. The van der Waals surface area contributed by atoms with Crippen LogP contribution in [0.2, 0.25) is 0 Å². The molecule has 32 heavy (non-hydrogen) atoms. The lowest BCUT2D eigenvalue weighted by molar-refractivity contribution is -0.862. The smallest absolute Gasteiger partial charge is 0.295 e. The number of quaternary nitrogens is 1. The Morgan fingerprint density at radius 3 is 2.38 bits per heavy atom. The standard InChI is InChI=1S/C22H24N6O3.ClH/c1-14-9-11-15(12-10-14)23-22(31)20(27-26-18(29)13-28(2,3)4)19-21(30)25-17-8-6-5-7-16(17)24-19;/h5-12H,13H2,1-4H3,(H2-,23,24,25,26,27,29,30,31);1H. The van der Waals surface area contributed by atoms with E-state index < -0.39 is 17.4 Å². The minimum absolute atomic E-state index is 0. The average molecular weight is 457 g/mol. The second kappa shape index (κ2) is 10.2. The number of rotatable bonds is 6. The summed E-state index contributed by atoms with van der Waals surface area (Å²) in [5.74, 6) is -1.06. The molecule has 0 spiro atoms. The highest BCUT2D eigenvalue weighted by molar-refractivity contribution is 6.48. The van der Waals surface area contributed by atoms with E-state index in [-0.39, 0.29) is 30.4 Å². The van der Waals surface area contributed by atoms with Crippen LogP contribution in [0.1, 0.15) is 11.3 Å². The van der Waals surface area contributed by atoms with Crippen molar-refractivity contribution in [3.63, 3.8) is 0 Å². The zero-order valence-corrected chi connectivity index (χ0v) is 19.0. The third kappa shape index (κ3) is 6.47. The Morgan fingerprint density at radius 2 is 1.72 bits per heavy atom. The molecular weight excluding hydrogens is 432 g/mol. The fourth-order valence-electron chi connectivity index (χ4n) is 2.81. The number of aromatic nitrogens is 2. The zero-order chi connectivity index (χ0) is 22.6. The lowest BCUT2D eigenvalue weighted by Crippen LogP contribution is -3.00. The predicted octanol–water partition coefficient (Wildman–Crippen LogP) is -1.60. The number of anilines is 1. The van der Waals surface area contributed by atoms with Gasteiger partial charge in [0.05, 0.1) is 32.2 Å². The Kier molecular flexibility index (Phi) is 7.85. The van der Waals surface area contributed by atoms with Crippen molar-refractivity contribution in [2.45, 2.75) is 6.92 Å². The van der Waals surface area contributed by atoms with Crippen molar-refractivity contribution in [3.8, 4) is 0 Å². The third-order valence-corrected chi connectivity index (χ3v) is 4.26. The molecule has 0 saturated carbocycles. The van der Waals surface area contributed by atoms with Crippen molar-refractivity contribution in [2.24, 2.45) is 5.10 Å². The first-order valence-electron chi connectivity index (χ1n) is 9.67. The molecule has 0 aliphatic rings. The fourth-order valence-corrected chi connectivity index (χ4v) is 2.81. The van der Waals surface area contributed by atoms with Crippen molar-refractivity contribution >= 4 is 34.2 Å². The van der Waals surface area contributed by atoms with Crippen LogP contribution in [0.4, 0.5) is 5.69 Å². The van der Waals surface area contributed by atoms with Gasteiger partial charge in [0, 0.05) is 5.69 Å². The number of nitrogens with one attached hydrogen (secondary N) is 3. The van der Waals surface area contributed by atoms with Crippen molar-refractivity contribution in [3.05, 3.63) is 70.1 Å². The number of H-pyrrole nitrogens is 1. The number of benzene rings is 2. The van der Waals surface area contributed by atoms with E-state index in [0.717, 1.165) is 5.56 Å². The summed E-state index contributed by atoms with van der Waals surface area (Å²) in [6.45, 7) is 2.07. The molecule has 0 unspecified atom stereocenters. The van der Waals surface area contributed by atoms with Crippen LogP contribution in [0.5, 0.6) is 0 Å². The molecule has 10 heteroatoms. The summed E-state index contributed by atoms with van der Waals surface area (Å²) in [6, 6.07) is 14.1. The normalized spacial score (nSPS) is 11.6. The second-order valence-corrected chi connectivity index (χ2v) is 8.20. The van der Waals surface area contributed by atoms with E-state index in [1.807, 2.05) is 40.2 Å². The van der Waals surface area contributed by atoms with Crippen LogP contribution in [0.3, 0.4) is 0 Å². The van der Waals surface area contributed by atoms with E-state index in [0.29, 0.717) is 21.2 Å². The van der Waals surface area contributed by atoms with Gasteiger partial charge in [-0.15, -0.1) is 0 Å². The highest BCUT2D eigenvalue weighted by Gasteiger charge is 2.22. The topological polar surface area (TPSA) is 116 Å². The number of hydrogen-bond donors (Lipinski definition) is 3. The van der Waals surface area contributed by atoms with E-state index in [1.165, 1.54) is 0 Å². The van der Waals surface area contributed by atoms with Gasteiger partial charge >= 0.3 is 0 Å². The molecule has 1 aromatic heterocycles. The number of hydrogen-bond acceptors (Lipinski definition) is 5. The van der Waals surface area contributed by atoms with Crippen LogP contribution in [-0.4, -0.2) is 59.7 Å². The van der Waals surface area contributed by atoms with Crippen molar-refractivity contribution < 1.29 is 26.5 Å². The predicted molar refractivity (Wildman–Crippen MR) is 120 cm³/mol. The number of aromatic amines is 1. The summed E-state index contributed by atoms with van der Waals surface area (Å²) >= 11 is 0. The van der Waals surface area contributed by atoms with Gasteiger partial charge in [0.15, 0.2) is 18.0 Å². The summed E-state index contributed by atoms with van der Waals surface area (Å²) in [5.41, 5.74) is 3.89. The van der Waals surface area contributed by atoms with Crippen LogP contribution in [0.25, 0.3) is 11.0 Å². The van der Waals surface area contributed by atoms with E-state index in [2.05, 4.69) is 25.8 Å². The summed E-state index contributed by atoms with van der Waals surface area (Å²) < 4.78 is 0.376. The molecular formula is C22H25ClN6O3. The first-order valence-corrected chi connectivity index (χ1v) is 9.67. The number of amides is 2. The number of hydrazone groups is 1. The maximum atomic E-state index is 13.0. The third-order valence-electron chi connectivity index (χ3n) is 4.26. The number of para-hydroxylation sites is 2. The lowest BCUT2D eigenvalue weighted by Gasteiger charge is -2.22. The van der Waals surface area contributed by atoms with Crippen LogP contribution >= 0.6 is 0 Å². The maximum absolute atomic E-state index is 13.0. The summed E-state index contributed by atoms with van der Waals surface area (Å²) in [4.78, 5) is 44.9. The Labute approximate surface area is 191 Å². The van der Waals surface area contributed by atoms with E-state index in [1.54, 1.807) is 36.4 Å². The molecule has 0 aliphatic carbocycles. The van der Waals surface area contributed by atoms with Gasteiger partial charge in [-0.05, 0) is 31.2 Å². The molecule has 0 radical (unpaired) electrons. The number of halogens is 1. The molecule has 2 aromatic carbocycles. The summed E-state index contributed by atoms with van der Waals surface area (Å²) in [7, 11) is 5.55. The number of likely N-dealkylation sites (N-methyl/N-ethyl adjacent to an activating group) is 1. The van der Waals surface area contributed by atoms with Gasteiger partial charge in [-0.25, -0.2) is 10.4 Å². The Balaban J connectivity index is 0.00000363. The molecule has 3 aromatic rings. The maximum Gasteiger partial charge on any atom is 0.295 e. The molecule has 1 heterocycles. The number of nitrogens with zero attached hydrogens (tertiary/aromatic N) is 3. The Hall–Kier alpha value is -3.56. The Morgan fingerprint density at radius 1 is 1.06 bits per heavy atom. The molecule has 0 atom stereocenters. The van der Waals surface area contributed by atoms with Crippen LogP contribution < -0.4 is 28.7 Å². The highest BCUT2D eigenvalue weighted by Crippen LogP contribution is 2.10. The zero-order valence-electron chi connectivity index (χ0n) is 18.3. The number of carbonyl (C=O) groups excluding carboxylic acids is 2. The molecule has 168 valence electrons. The van der Waals surface area contributed by atoms with Gasteiger partial charge < -0.3 is 27.2 Å². The molecule has 0 fully saturated rings. The summed E-state index contributed by atoms with van der Waals surface area (Å²) in [5, 5.41) is 6.67. The van der Waals surface area contributed by atoms with Gasteiger partial charge in [0.2, 0.25) is 0 Å². The molecule has 0 saturated heterocycles. The second-order valence-electron chi connectivity index (χ2n) is 8.20. The first-order chi connectivity index (χ1) is 14.6. The van der Waals surface area contributed by atoms with Crippen molar-refractivity contribution in [2.75, 3.05) is 33.0 Å². The minimum Gasteiger partial charge on any atom is -1.00 e. The largest absolute Gasteiger partial charge is 1.00 e. The van der Waals surface area contributed by atoms with Crippen LogP contribution in [0, 0.1) is 6.92 Å². The number of carbonyl (C=O) groups is 2. The Bertz CT molecular complexity index is 1210. The summed E-state index contributed by atoms with van der Waals surface area (Å²) in [6.07, 6.45) is 0. The van der Waals surface area contributed by atoms with Gasteiger partial charge in [0.25, 0.3) is 17.4 Å². The molecule has 0 bridgehead atoms. The first kappa shape index (κ1) is 24.7. The SMILES string of the molecule is Cc1ccc(NC(=O)C(=NNC(=O)C[N+](C)(C)C)c2nc3ccccc3[nH]c2=O)cc1.[Cl-]. The van der Waals surface area contributed by atoms with E-state index >= 15 is 0 Å². The quantitative estimate of drug-likeness (QED) is 0.235. The molecule has 9 nitrogen and oxygen atoms in total. The molecule has 0 aliphatic heterocycles. The van der Waals surface area contributed by atoms with Gasteiger partial charge in [-0.3, -0.25) is 14.4 Å². The van der Waals surface area contributed by atoms with Gasteiger partial charge in [-0.2, -0.15) is 5.10 Å².